The molecule has 19 heavy (non-hydrogen) atoms. The number of nitrogens with two attached hydrogens (primary N) is 1. The first-order valence-electron chi connectivity index (χ1n) is 6.13. The summed E-state index contributed by atoms with van der Waals surface area (Å²) in [7, 11) is -3.44. The zero-order chi connectivity index (χ0) is 14.0. The van der Waals surface area contributed by atoms with Gasteiger partial charge in [0.25, 0.3) is 0 Å². The van der Waals surface area contributed by atoms with E-state index in [0.717, 1.165) is 32.2 Å². The average molecular weight is 283 g/mol. The van der Waals surface area contributed by atoms with Crippen LogP contribution >= 0.6 is 0 Å². The van der Waals surface area contributed by atoms with Crippen LogP contribution in [0.1, 0.15) is 19.3 Å². The van der Waals surface area contributed by atoms with Crippen LogP contribution in [-0.4, -0.2) is 37.5 Å². The molecular weight excluding hydrogens is 266 g/mol. The quantitative estimate of drug-likeness (QED) is 0.856. The van der Waals surface area contributed by atoms with Crippen molar-refractivity contribution in [2.24, 2.45) is 0 Å². The molecule has 1 aliphatic rings. The summed E-state index contributed by atoms with van der Waals surface area (Å²) >= 11 is 0. The van der Waals surface area contributed by atoms with Crippen molar-refractivity contribution < 1.29 is 8.42 Å². The fourth-order valence-electron chi connectivity index (χ4n) is 2.26. The molecule has 1 aromatic heterocycles. The van der Waals surface area contributed by atoms with E-state index in [9.17, 15) is 8.42 Å². The van der Waals surface area contributed by atoms with Gasteiger partial charge < -0.3 is 10.6 Å². The number of sulfone groups is 1. The first-order valence-corrected chi connectivity index (χ1v) is 8.02. The van der Waals surface area contributed by atoms with E-state index in [0.29, 0.717) is 12.4 Å². The van der Waals surface area contributed by atoms with Crippen LogP contribution in [-0.2, 0) is 16.4 Å². The summed E-state index contributed by atoms with van der Waals surface area (Å²) in [5.41, 5.74) is 5.88. The number of rotatable bonds is 4. The van der Waals surface area contributed by atoms with Crippen LogP contribution in [0.5, 0.6) is 0 Å². The molecule has 1 fully saturated rings. The maximum Gasteiger partial charge on any atom is 0.182 e. The molecule has 1 saturated heterocycles. The van der Waals surface area contributed by atoms with Crippen LogP contribution in [0.3, 0.4) is 0 Å². The van der Waals surface area contributed by atoms with Gasteiger partial charge in [0.15, 0.2) is 20.6 Å². The molecule has 0 spiro atoms. The van der Waals surface area contributed by atoms with E-state index in [2.05, 4.69) is 5.10 Å². The molecule has 0 bridgehead atoms. The Bertz CT molecular complexity index is 608. The summed E-state index contributed by atoms with van der Waals surface area (Å²) < 4.78 is 25.2. The molecule has 7 nitrogen and oxygen atoms in total. The topological polar surface area (TPSA) is 105 Å². The van der Waals surface area contributed by atoms with Gasteiger partial charge in [-0.05, 0) is 12.8 Å². The summed E-state index contributed by atoms with van der Waals surface area (Å²) in [6.45, 7) is 1.88. The molecule has 2 N–H and O–H groups in total. The van der Waals surface area contributed by atoms with Crippen LogP contribution in [0.4, 0.5) is 11.6 Å². The highest BCUT2D eigenvalue weighted by Crippen LogP contribution is 2.32. The maximum atomic E-state index is 11.9. The highest BCUT2D eigenvalue weighted by molar-refractivity contribution is 7.91. The molecule has 1 aromatic rings. The molecule has 104 valence electrons. The lowest BCUT2D eigenvalue weighted by atomic mass is 10.4. The Hall–Kier alpha value is -1.75. The smallest absolute Gasteiger partial charge is 0.182 e. The number of hydrogen-bond donors (Lipinski definition) is 1. The van der Waals surface area contributed by atoms with E-state index < -0.39 is 9.84 Å². The van der Waals surface area contributed by atoms with Gasteiger partial charge in [-0.2, -0.15) is 10.4 Å². The Labute approximate surface area is 112 Å². The predicted octanol–water partition coefficient (Wildman–Crippen LogP) is 0.383. The Morgan fingerprint density at radius 2 is 2.05 bits per heavy atom. The van der Waals surface area contributed by atoms with Crippen molar-refractivity contribution in [3.63, 3.8) is 0 Å². The lowest BCUT2D eigenvalue weighted by Crippen LogP contribution is -2.20. The van der Waals surface area contributed by atoms with Crippen LogP contribution in [0.15, 0.2) is 4.90 Å². The second-order valence-corrected chi connectivity index (χ2v) is 6.59. The van der Waals surface area contributed by atoms with Crippen LogP contribution in [0, 0.1) is 11.3 Å². The molecule has 0 saturated carbocycles. The summed E-state index contributed by atoms with van der Waals surface area (Å²) in [4.78, 5) is 2.03. The van der Waals surface area contributed by atoms with Gasteiger partial charge in [0, 0.05) is 19.3 Å². The number of nitrogens with zero attached hydrogens (tertiary/aromatic N) is 4. The van der Waals surface area contributed by atoms with Crippen molar-refractivity contribution in [3.8, 4) is 6.07 Å². The number of nitrogen functional groups attached to an aromatic ring is 1. The number of nitriles is 1. The van der Waals surface area contributed by atoms with E-state index >= 15 is 0 Å². The van der Waals surface area contributed by atoms with Crippen LogP contribution < -0.4 is 10.6 Å². The van der Waals surface area contributed by atoms with Crippen LogP contribution in [0.25, 0.3) is 0 Å². The number of aromatic nitrogens is 2. The zero-order valence-electron chi connectivity index (χ0n) is 10.8. The van der Waals surface area contributed by atoms with Gasteiger partial charge in [-0.25, -0.2) is 13.1 Å². The predicted molar refractivity (Wildman–Crippen MR) is 71.4 cm³/mol. The largest absolute Gasteiger partial charge is 0.383 e. The van der Waals surface area contributed by atoms with Gasteiger partial charge in [-0.1, -0.05) is 0 Å². The van der Waals surface area contributed by atoms with Crippen molar-refractivity contribution in [3.05, 3.63) is 0 Å². The minimum atomic E-state index is -3.44. The molecule has 0 radical (unpaired) electrons. The average Bonchev–Trinajstić information content (AvgIpc) is 2.92. The van der Waals surface area contributed by atoms with E-state index in [1.54, 1.807) is 0 Å². The molecule has 0 aromatic carbocycles. The highest BCUT2D eigenvalue weighted by atomic mass is 32.2. The molecule has 2 rings (SSSR count). The molecule has 0 atom stereocenters. The monoisotopic (exact) mass is 283 g/mol. The van der Waals surface area contributed by atoms with Gasteiger partial charge in [0.1, 0.15) is 5.82 Å². The molecule has 1 aliphatic heterocycles. The number of hydrogen-bond acceptors (Lipinski definition) is 6. The Balaban J connectivity index is 2.48. The molecule has 0 amide bonds. The fourth-order valence-corrected chi connectivity index (χ4v) is 3.25. The molecule has 0 unspecified atom stereocenters. The van der Waals surface area contributed by atoms with Crippen molar-refractivity contribution >= 4 is 21.5 Å². The molecule has 0 aliphatic carbocycles. The first kappa shape index (κ1) is 13.7. The normalized spacial score (nSPS) is 15.7. The third kappa shape index (κ3) is 2.66. The van der Waals surface area contributed by atoms with Crippen molar-refractivity contribution in [1.82, 2.24) is 9.78 Å². The first-order chi connectivity index (χ1) is 8.95. The van der Waals surface area contributed by atoms with Crippen LogP contribution in [0.2, 0.25) is 0 Å². The maximum absolute atomic E-state index is 11.9. The molecule has 2 heterocycles. The lowest BCUT2D eigenvalue weighted by Gasteiger charge is -2.15. The molecular formula is C11H17N5O2S. The van der Waals surface area contributed by atoms with E-state index in [1.165, 1.54) is 4.68 Å². The van der Waals surface area contributed by atoms with Gasteiger partial charge in [-0.3, -0.25) is 0 Å². The second kappa shape index (κ2) is 5.09. The minimum absolute atomic E-state index is 0.0901. The van der Waals surface area contributed by atoms with Gasteiger partial charge >= 0.3 is 0 Å². The van der Waals surface area contributed by atoms with E-state index in [1.807, 2.05) is 11.0 Å². The number of aryl methyl sites for hydroxylation is 1. The zero-order valence-corrected chi connectivity index (χ0v) is 11.7. The van der Waals surface area contributed by atoms with E-state index in [4.69, 9.17) is 11.0 Å². The Morgan fingerprint density at radius 1 is 1.42 bits per heavy atom. The molecule has 8 heteroatoms. The SMILES string of the molecule is CS(=O)(=O)c1c(N2CCCC2)nn(CCC#N)c1N. The Kier molecular flexibility index (Phi) is 3.66. The van der Waals surface area contributed by atoms with Crippen molar-refractivity contribution in [1.29, 1.82) is 5.26 Å². The van der Waals surface area contributed by atoms with Crippen molar-refractivity contribution in [2.45, 2.75) is 30.7 Å². The highest BCUT2D eigenvalue weighted by Gasteiger charge is 2.28. The van der Waals surface area contributed by atoms with Crippen molar-refractivity contribution in [2.75, 3.05) is 30.0 Å². The summed E-state index contributed by atoms with van der Waals surface area (Å²) in [5.74, 6) is 0.551. The van der Waals surface area contributed by atoms with E-state index in [-0.39, 0.29) is 17.1 Å². The fraction of sp³-hybridized carbons (Fsp3) is 0.636. The van der Waals surface area contributed by atoms with Gasteiger partial charge in [0.2, 0.25) is 0 Å². The minimum Gasteiger partial charge on any atom is -0.383 e. The van der Waals surface area contributed by atoms with Gasteiger partial charge in [0.05, 0.1) is 19.0 Å². The Morgan fingerprint density at radius 3 is 2.58 bits per heavy atom. The number of anilines is 2. The summed E-state index contributed by atoms with van der Waals surface area (Å²) in [6.07, 6.45) is 3.42. The second-order valence-electron chi connectivity index (χ2n) is 4.64. The summed E-state index contributed by atoms with van der Waals surface area (Å²) in [5, 5.41) is 12.9. The third-order valence-corrected chi connectivity index (χ3v) is 4.27. The standard InChI is InChI=1S/C11H17N5O2S/c1-19(17,18)9-10(13)16(8-4-5-12)14-11(9)15-6-2-3-7-15/h2-4,6-8,13H2,1H3. The summed E-state index contributed by atoms with van der Waals surface area (Å²) in [6, 6.07) is 2.00. The van der Waals surface area contributed by atoms with Gasteiger partial charge in [-0.15, -0.1) is 0 Å². The lowest BCUT2D eigenvalue weighted by molar-refractivity contribution is 0.601. The third-order valence-electron chi connectivity index (χ3n) is 3.14.